The van der Waals surface area contributed by atoms with Gasteiger partial charge >= 0.3 is 5.97 Å². The second kappa shape index (κ2) is 8.06. The number of ether oxygens (including phenoxy) is 1. The summed E-state index contributed by atoms with van der Waals surface area (Å²) in [4.78, 5) is 51.1. The van der Waals surface area contributed by atoms with Crippen molar-refractivity contribution in [3.8, 4) is 0 Å². The van der Waals surface area contributed by atoms with Crippen molar-refractivity contribution in [1.82, 2.24) is 0 Å². The third-order valence-electron chi connectivity index (χ3n) is 5.66. The highest BCUT2D eigenvalue weighted by atomic mass is 16.5. The highest BCUT2D eigenvalue weighted by molar-refractivity contribution is 6.22. The zero-order valence-electron chi connectivity index (χ0n) is 16.5. The molecular formula is C24H21NO5. The van der Waals surface area contributed by atoms with Crippen molar-refractivity contribution in [3.05, 3.63) is 77.9 Å². The van der Waals surface area contributed by atoms with Gasteiger partial charge in [-0.05, 0) is 36.6 Å². The fourth-order valence-electron chi connectivity index (χ4n) is 4.07. The molecule has 4 rings (SSSR count). The maximum Gasteiger partial charge on any atom is 0.338 e. The minimum atomic E-state index is -0.642. The molecule has 0 spiro atoms. The number of carbonyl (C=O) groups excluding carboxylic acids is 4. The van der Waals surface area contributed by atoms with E-state index in [1.54, 1.807) is 42.5 Å². The topological polar surface area (TPSA) is 80.8 Å². The Morgan fingerprint density at radius 2 is 1.67 bits per heavy atom. The van der Waals surface area contributed by atoms with Gasteiger partial charge in [0.2, 0.25) is 11.8 Å². The van der Waals surface area contributed by atoms with E-state index in [2.05, 4.69) is 0 Å². The van der Waals surface area contributed by atoms with E-state index in [1.807, 2.05) is 19.1 Å². The summed E-state index contributed by atoms with van der Waals surface area (Å²) in [6.45, 7) is 1.58. The number of esters is 1. The molecule has 0 radical (unpaired) electrons. The first-order valence-corrected chi connectivity index (χ1v) is 9.87. The van der Waals surface area contributed by atoms with Gasteiger partial charge in [0.1, 0.15) is 0 Å². The largest absolute Gasteiger partial charge is 0.454 e. The Kier molecular flexibility index (Phi) is 5.31. The van der Waals surface area contributed by atoms with Crippen LogP contribution in [-0.4, -0.2) is 30.2 Å². The zero-order valence-corrected chi connectivity index (χ0v) is 16.5. The van der Waals surface area contributed by atoms with Crippen LogP contribution in [0.4, 0.5) is 5.69 Å². The number of Topliss-reactive ketones (excluding diaryl/α,β-unsaturated/α-hetero) is 1. The second-order valence-corrected chi connectivity index (χ2v) is 7.58. The molecule has 2 amide bonds. The lowest BCUT2D eigenvalue weighted by molar-refractivity contribution is -0.122. The van der Waals surface area contributed by atoms with Crippen molar-refractivity contribution in [2.75, 3.05) is 11.5 Å². The Balaban J connectivity index is 1.43. The van der Waals surface area contributed by atoms with Crippen LogP contribution in [0.1, 0.15) is 34.1 Å². The van der Waals surface area contributed by atoms with E-state index in [0.717, 1.165) is 0 Å². The van der Waals surface area contributed by atoms with Gasteiger partial charge in [-0.2, -0.15) is 0 Å². The van der Waals surface area contributed by atoms with E-state index < -0.39 is 5.97 Å². The summed E-state index contributed by atoms with van der Waals surface area (Å²) < 4.78 is 5.10. The van der Waals surface area contributed by atoms with E-state index in [1.165, 1.54) is 17.0 Å². The first-order valence-electron chi connectivity index (χ1n) is 9.87. The number of nitrogens with zero attached hydrogens (tertiary/aromatic N) is 1. The average Bonchev–Trinajstić information content (AvgIpc) is 3.03. The molecule has 1 aliphatic heterocycles. The highest BCUT2D eigenvalue weighted by Crippen LogP contribution is 2.40. The van der Waals surface area contributed by atoms with Gasteiger partial charge in [-0.1, -0.05) is 49.4 Å². The van der Waals surface area contributed by atoms with Crippen LogP contribution in [-0.2, 0) is 14.3 Å². The van der Waals surface area contributed by atoms with Crippen LogP contribution in [0.3, 0.4) is 0 Å². The number of allylic oxidation sites excluding steroid dienone is 2. The number of anilines is 1. The van der Waals surface area contributed by atoms with Crippen molar-refractivity contribution < 1.29 is 23.9 Å². The summed E-state index contributed by atoms with van der Waals surface area (Å²) in [5.74, 6) is -1.99. The lowest BCUT2D eigenvalue weighted by atomic mass is 9.78. The molecule has 2 aliphatic rings. The molecule has 3 atom stereocenters. The number of rotatable bonds is 5. The molecule has 0 aromatic heterocycles. The summed E-state index contributed by atoms with van der Waals surface area (Å²) in [5, 5.41) is 0. The molecule has 0 bridgehead atoms. The number of amides is 2. The number of ketones is 1. The van der Waals surface area contributed by atoms with Crippen LogP contribution >= 0.6 is 0 Å². The van der Waals surface area contributed by atoms with E-state index in [9.17, 15) is 19.2 Å². The lowest BCUT2D eigenvalue weighted by Crippen LogP contribution is -2.31. The molecule has 0 unspecified atom stereocenters. The predicted octanol–water partition coefficient (Wildman–Crippen LogP) is 3.43. The standard InChI is InChI=1S/C24H21NO5/c1-15-6-5-9-19-21(15)23(28)25(22(19)27)18-12-10-17(11-13-18)24(29)30-14-20(26)16-7-3-2-4-8-16/h2-8,10-13,15,19,21H,9,14H2,1H3/t15-,19-,21+/m0/s1. The molecule has 2 aromatic rings. The molecule has 0 N–H and O–H groups in total. The normalized spacial score (nSPS) is 22.7. The third kappa shape index (κ3) is 3.56. The SMILES string of the molecule is C[C@H]1C=CC[C@@H]2C(=O)N(c3ccc(C(=O)OCC(=O)c4ccccc4)cc3)C(=O)[C@@H]21. The number of fused-ring (bicyclic) bond motifs is 1. The van der Waals surface area contributed by atoms with Crippen LogP contribution in [0.25, 0.3) is 0 Å². The van der Waals surface area contributed by atoms with Crippen molar-refractivity contribution in [3.63, 3.8) is 0 Å². The van der Waals surface area contributed by atoms with Crippen molar-refractivity contribution >= 4 is 29.3 Å². The first-order chi connectivity index (χ1) is 14.5. The fourth-order valence-corrected chi connectivity index (χ4v) is 4.07. The van der Waals surface area contributed by atoms with Gasteiger partial charge in [0, 0.05) is 5.56 Å². The lowest BCUT2D eigenvalue weighted by Gasteiger charge is -2.22. The highest BCUT2D eigenvalue weighted by Gasteiger charge is 2.50. The Bertz CT molecular complexity index is 1030. The number of hydrogen-bond donors (Lipinski definition) is 0. The van der Waals surface area contributed by atoms with Gasteiger partial charge in [0.15, 0.2) is 12.4 Å². The summed E-state index contributed by atoms with van der Waals surface area (Å²) in [6.07, 6.45) is 4.50. The van der Waals surface area contributed by atoms with Crippen LogP contribution in [0, 0.1) is 17.8 Å². The minimum Gasteiger partial charge on any atom is -0.454 e. The van der Waals surface area contributed by atoms with E-state index >= 15 is 0 Å². The maximum atomic E-state index is 12.8. The predicted molar refractivity (Wildman–Crippen MR) is 110 cm³/mol. The third-order valence-corrected chi connectivity index (χ3v) is 5.66. The molecule has 0 saturated carbocycles. The monoisotopic (exact) mass is 403 g/mol. The van der Waals surface area contributed by atoms with Crippen molar-refractivity contribution in [1.29, 1.82) is 0 Å². The number of carbonyl (C=O) groups is 4. The smallest absolute Gasteiger partial charge is 0.338 e. The van der Waals surface area contributed by atoms with Gasteiger partial charge in [-0.25, -0.2) is 4.79 Å². The first kappa shape index (κ1) is 19.8. The summed E-state index contributed by atoms with van der Waals surface area (Å²) in [5.41, 5.74) is 1.14. The molecule has 1 aliphatic carbocycles. The number of imide groups is 1. The molecule has 30 heavy (non-hydrogen) atoms. The second-order valence-electron chi connectivity index (χ2n) is 7.58. The molecule has 6 heteroatoms. The van der Waals surface area contributed by atoms with Gasteiger partial charge in [0.25, 0.3) is 0 Å². The van der Waals surface area contributed by atoms with Crippen molar-refractivity contribution in [2.45, 2.75) is 13.3 Å². The van der Waals surface area contributed by atoms with E-state index in [-0.39, 0.29) is 47.5 Å². The van der Waals surface area contributed by atoms with Crippen LogP contribution < -0.4 is 4.90 Å². The Morgan fingerprint density at radius 1 is 0.967 bits per heavy atom. The van der Waals surface area contributed by atoms with E-state index in [4.69, 9.17) is 4.74 Å². The van der Waals surface area contributed by atoms with Crippen LogP contribution in [0.2, 0.25) is 0 Å². The molecule has 1 heterocycles. The minimum absolute atomic E-state index is 0.0154. The van der Waals surface area contributed by atoms with Crippen molar-refractivity contribution in [2.24, 2.45) is 17.8 Å². The molecule has 152 valence electrons. The summed E-state index contributed by atoms with van der Waals surface area (Å²) in [6, 6.07) is 14.7. The summed E-state index contributed by atoms with van der Waals surface area (Å²) in [7, 11) is 0. The quantitative estimate of drug-likeness (QED) is 0.331. The van der Waals surface area contributed by atoms with Gasteiger partial charge in [-0.3, -0.25) is 19.3 Å². The van der Waals surface area contributed by atoms with Gasteiger partial charge in [0.05, 0.1) is 23.1 Å². The molecule has 1 saturated heterocycles. The Labute approximate surface area is 174 Å². The average molecular weight is 403 g/mol. The van der Waals surface area contributed by atoms with E-state index in [0.29, 0.717) is 17.7 Å². The zero-order chi connectivity index (χ0) is 21.3. The molecule has 1 fully saturated rings. The Morgan fingerprint density at radius 3 is 2.33 bits per heavy atom. The number of benzene rings is 2. The molecule has 2 aromatic carbocycles. The van der Waals surface area contributed by atoms with Crippen LogP contribution in [0.15, 0.2) is 66.7 Å². The fraction of sp³-hybridized carbons (Fsp3) is 0.250. The maximum absolute atomic E-state index is 12.8. The molecule has 6 nitrogen and oxygen atoms in total. The molecular weight excluding hydrogens is 382 g/mol. The van der Waals surface area contributed by atoms with Gasteiger partial charge in [-0.15, -0.1) is 0 Å². The number of hydrogen-bond acceptors (Lipinski definition) is 5. The van der Waals surface area contributed by atoms with Crippen LogP contribution in [0.5, 0.6) is 0 Å². The Hall–Kier alpha value is -3.54. The summed E-state index contributed by atoms with van der Waals surface area (Å²) >= 11 is 0. The van der Waals surface area contributed by atoms with Gasteiger partial charge < -0.3 is 4.74 Å².